The molecule has 2 rings (SSSR count). The maximum absolute atomic E-state index is 5.81. The van der Waals surface area contributed by atoms with Gasteiger partial charge in [0.2, 0.25) is 0 Å². The number of hydrogen-bond acceptors (Lipinski definition) is 3. The van der Waals surface area contributed by atoms with E-state index in [4.69, 9.17) is 23.2 Å². The number of alkyl halides is 1. The van der Waals surface area contributed by atoms with E-state index < -0.39 is 0 Å². The fraction of sp³-hybridized carbons (Fsp3) is 0.167. The van der Waals surface area contributed by atoms with Crippen LogP contribution in [-0.4, -0.2) is 20.2 Å². The summed E-state index contributed by atoms with van der Waals surface area (Å²) >= 11 is 11.4. The van der Waals surface area contributed by atoms with Gasteiger partial charge in [-0.25, -0.2) is 9.97 Å². The van der Waals surface area contributed by atoms with Gasteiger partial charge < -0.3 is 0 Å². The predicted octanol–water partition coefficient (Wildman–Crippen LogP) is 1.75. The maximum Gasteiger partial charge on any atom is 0.160 e. The number of fused-ring (bicyclic) bond motifs is 1. The van der Waals surface area contributed by atoms with Gasteiger partial charge in [-0.05, 0) is 0 Å². The van der Waals surface area contributed by atoms with E-state index in [0.29, 0.717) is 22.0 Å². The molecule has 0 radical (unpaired) electrons. The lowest BCUT2D eigenvalue weighted by molar-refractivity contribution is 1.03. The minimum atomic E-state index is 0.245. The first-order chi connectivity index (χ1) is 5.81. The molecule has 0 saturated heterocycles. The van der Waals surface area contributed by atoms with Crippen LogP contribution in [0.25, 0.3) is 11.0 Å². The Labute approximate surface area is 77.9 Å². The van der Waals surface area contributed by atoms with Gasteiger partial charge in [0.1, 0.15) is 11.0 Å². The molecular weight excluding hydrogens is 199 g/mol. The van der Waals surface area contributed by atoms with Crippen LogP contribution in [0.5, 0.6) is 0 Å². The summed E-state index contributed by atoms with van der Waals surface area (Å²) in [4.78, 5) is 8.02. The molecule has 4 nitrogen and oxygen atoms in total. The first kappa shape index (κ1) is 7.76. The van der Waals surface area contributed by atoms with Crippen LogP contribution in [0.4, 0.5) is 0 Å². The third-order valence-electron chi connectivity index (χ3n) is 1.43. The van der Waals surface area contributed by atoms with Crippen molar-refractivity contribution in [1.29, 1.82) is 0 Å². The molecule has 2 heterocycles. The molecule has 0 aromatic carbocycles. The normalized spacial score (nSPS) is 10.8. The SMILES string of the molecule is ClCc1nc(Cl)c2cn[nH]c2n1. The van der Waals surface area contributed by atoms with Crippen LogP contribution in [0.15, 0.2) is 6.20 Å². The summed E-state index contributed by atoms with van der Waals surface area (Å²) in [6.07, 6.45) is 1.58. The van der Waals surface area contributed by atoms with Crippen molar-refractivity contribution in [2.24, 2.45) is 0 Å². The van der Waals surface area contributed by atoms with E-state index in [1.807, 2.05) is 0 Å². The molecule has 0 aliphatic rings. The Kier molecular flexibility index (Phi) is 1.86. The minimum Gasteiger partial charge on any atom is -0.261 e. The summed E-state index contributed by atoms with van der Waals surface area (Å²) in [5, 5.41) is 7.57. The fourth-order valence-electron chi connectivity index (χ4n) is 0.903. The zero-order valence-electron chi connectivity index (χ0n) is 5.88. The van der Waals surface area contributed by atoms with Crippen LogP contribution in [0, 0.1) is 0 Å². The molecule has 6 heteroatoms. The first-order valence-electron chi connectivity index (χ1n) is 3.22. The number of nitrogens with one attached hydrogen (secondary N) is 1. The van der Waals surface area contributed by atoms with Crippen molar-refractivity contribution in [3.63, 3.8) is 0 Å². The lowest BCUT2D eigenvalue weighted by atomic mass is 10.4. The Morgan fingerprint density at radius 3 is 3.00 bits per heavy atom. The van der Waals surface area contributed by atoms with E-state index in [1.54, 1.807) is 6.20 Å². The second-order valence-electron chi connectivity index (χ2n) is 2.20. The summed E-state index contributed by atoms with van der Waals surface area (Å²) in [5.74, 6) is 0.743. The number of aromatic nitrogens is 4. The molecule has 2 aromatic heterocycles. The van der Waals surface area contributed by atoms with Gasteiger partial charge in [0.25, 0.3) is 0 Å². The second kappa shape index (κ2) is 2.88. The number of hydrogen-bond donors (Lipinski definition) is 1. The van der Waals surface area contributed by atoms with E-state index in [2.05, 4.69) is 20.2 Å². The topological polar surface area (TPSA) is 54.5 Å². The Bertz CT molecular complexity index is 411. The summed E-state index contributed by atoms with van der Waals surface area (Å²) in [6.45, 7) is 0. The molecule has 0 amide bonds. The number of aromatic amines is 1. The smallest absolute Gasteiger partial charge is 0.160 e. The Morgan fingerprint density at radius 1 is 1.42 bits per heavy atom. The summed E-state index contributed by atoms with van der Waals surface area (Å²) in [7, 11) is 0. The average molecular weight is 203 g/mol. The maximum atomic E-state index is 5.81. The molecule has 2 aromatic rings. The predicted molar refractivity (Wildman–Crippen MR) is 46.3 cm³/mol. The molecule has 0 saturated carbocycles. The van der Waals surface area contributed by atoms with Crippen LogP contribution < -0.4 is 0 Å². The number of rotatable bonds is 1. The van der Waals surface area contributed by atoms with Crippen molar-refractivity contribution >= 4 is 34.2 Å². The molecule has 12 heavy (non-hydrogen) atoms. The van der Waals surface area contributed by atoms with E-state index >= 15 is 0 Å². The largest absolute Gasteiger partial charge is 0.261 e. The molecular formula is C6H4Cl2N4. The van der Waals surface area contributed by atoms with Crippen LogP contribution in [-0.2, 0) is 5.88 Å². The Hall–Kier alpha value is -0.870. The van der Waals surface area contributed by atoms with Crippen LogP contribution >= 0.6 is 23.2 Å². The van der Waals surface area contributed by atoms with Crippen molar-refractivity contribution in [2.75, 3.05) is 0 Å². The lowest BCUT2D eigenvalue weighted by Crippen LogP contribution is -1.92. The van der Waals surface area contributed by atoms with Gasteiger partial charge in [0.05, 0.1) is 17.5 Å². The van der Waals surface area contributed by atoms with Gasteiger partial charge in [-0.15, -0.1) is 11.6 Å². The van der Waals surface area contributed by atoms with E-state index in [0.717, 1.165) is 0 Å². The first-order valence-corrected chi connectivity index (χ1v) is 4.14. The van der Waals surface area contributed by atoms with Crippen molar-refractivity contribution in [3.8, 4) is 0 Å². The molecule has 0 fully saturated rings. The lowest BCUT2D eigenvalue weighted by Gasteiger charge is -1.95. The number of H-pyrrole nitrogens is 1. The summed E-state index contributed by atoms with van der Waals surface area (Å²) < 4.78 is 0. The zero-order valence-corrected chi connectivity index (χ0v) is 7.39. The Morgan fingerprint density at radius 2 is 2.25 bits per heavy atom. The molecule has 1 N–H and O–H groups in total. The molecule has 0 aliphatic carbocycles. The van der Waals surface area contributed by atoms with Gasteiger partial charge in [0, 0.05) is 0 Å². The summed E-state index contributed by atoms with van der Waals surface area (Å²) in [5.41, 5.74) is 0.616. The molecule has 0 bridgehead atoms. The third-order valence-corrected chi connectivity index (χ3v) is 1.96. The van der Waals surface area contributed by atoms with Gasteiger partial charge >= 0.3 is 0 Å². The van der Waals surface area contributed by atoms with E-state index in [9.17, 15) is 0 Å². The van der Waals surface area contributed by atoms with Crippen molar-refractivity contribution in [3.05, 3.63) is 17.2 Å². The molecule has 0 atom stereocenters. The van der Waals surface area contributed by atoms with Crippen molar-refractivity contribution in [2.45, 2.75) is 5.88 Å². The van der Waals surface area contributed by atoms with Crippen molar-refractivity contribution < 1.29 is 0 Å². The highest BCUT2D eigenvalue weighted by Crippen LogP contribution is 2.17. The molecule has 0 spiro atoms. The monoisotopic (exact) mass is 202 g/mol. The highest BCUT2D eigenvalue weighted by molar-refractivity contribution is 6.33. The highest BCUT2D eigenvalue weighted by atomic mass is 35.5. The van der Waals surface area contributed by atoms with Gasteiger partial charge in [-0.1, -0.05) is 11.6 Å². The van der Waals surface area contributed by atoms with Crippen LogP contribution in [0.3, 0.4) is 0 Å². The molecule has 0 aliphatic heterocycles. The van der Waals surface area contributed by atoms with Gasteiger partial charge in [-0.3, -0.25) is 5.10 Å². The van der Waals surface area contributed by atoms with Crippen LogP contribution in [0.2, 0.25) is 5.15 Å². The third kappa shape index (κ3) is 1.13. The minimum absolute atomic E-state index is 0.245. The van der Waals surface area contributed by atoms with Gasteiger partial charge in [-0.2, -0.15) is 5.10 Å². The second-order valence-corrected chi connectivity index (χ2v) is 2.82. The van der Waals surface area contributed by atoms with Crippen LogP contribution in [0.1, 0.15) is 5.82 Å². The quantitative estimate of drug-likeness (QED) is 0.567. The summed E-state index contributed by atoms with van der Waals surface area (Å²) in [6, 6.07) is 0. The van der Waals surface area contributed by atoms with E-state index in [1.165, 1.54) is 0 Å². The van der Waals surface area contributed by atoms with Gasteiger partial charge in [0.15, 0.2) is 5.65 Å². The molecule has 62 valence electrons. The highest BCUT2D eigenvalue weighted by Gasteiger charge is 2.05. The fourth-order valence-corrected chi connectivity index (χ4v) is 1.26. The number of nitrogens with zero attached hydrogens (tertiary/aromatic N) is 3. The Balaban J connectivity index is 2.75. The zero-order chi connectivity index (χ0) is 8.55. The van der Waals surface area contributed by atoms with E-state index in [-0.39, 0.29) is 5.88 Å². The molecule has 0 unspecified atom stereocenters. The van der Waals surface area contributed by atoms with Crippen molar-refractivity contribution in [1.82, 2.24) is 20.2 Å². The standard InChI is InChI=1S/C6H4Cl2N4/c7-1-4-10-5(8)3-2-9-12-6(3)11-4/h2H,1H2,(H,9,10,11,12). The average Bonchev–Trinajstić information content (AvgIpc) is 2.52. The number of halogens is 2.